The van der Waals surface area contributed by atoms with Gasteiger partial charge in [-0.1, -0.05) is 24.3 Å². The zero-order chi connectivity index (χ0) is 19.3. The molecule has 0 atom stereocenters. The van der Waals surface area contributed by atoms with E-state index in [1.807, 2.05) is 57.2 Å². The van der Waals surface area contributed by atoms with Crippen molar-refractivity contribution >= 4 is 29.8 Å². The van der Waals surface area contributed by atoms with Gasteiger partial charge in [-0.15, -0.1) is 0 Å². The number of ether oxygens (including phenoxy) is 1. The van der Waals surface area contributed by atoms with Crippen molar-refractivity contribution in [3.8, 4) is 0 Å². The topological polar surface area (TPSA) is 85.6 Å². The number of aromatic nitrogens is 1. The molecule has 7 heteroatoms. The van der Waals surface area contributed by atoms with Crippen molar-refractivity contribution in [1.29, 1.82) is 0 Å². The molecule has 0 radical (unpaired) electrons. The number of nitro groups is 1. The summed E-state index contributed by atoms with van der Waals surface area (Å²) in [5, 5.41) is 10.6. The van der Waals surface area contributed by atoms with Crippen LogP contribution in [0.1, 0.15) is 31.9 Å². The van der Waals surface area contributed by atoms with Crippen LogP contribution in [0.3, 0.4) is 0 Å². The fraction of sp³-hybridized carbons (Fsp3) is 0.263. The lowest BCUT2D eigenvalue weighted by molar-refractivity contribution is -0.389. The number of carbonyl (C=O) groups excluding carboxylic acids is 1. The van der Waals surface area contributed by atoms with Crippen molar-refractivity contribution in [3.63, 3.8) is 0 Å². The van der Waals surface area contributed by atoms with Gasteiger partial charge in [0.1, 0.15) is 11.8 Å². The van der Waals surface area contributed by atoms with Gasteiger partial charge in [-0.05, 0) is 54.4 Å². The molecule has 0 fully saturated rings. The molecule has 1 heterocycles. The monoisotopic (exact) mass is 355 g/mol. The van der Waals surface area contributed by atoms with Crippen LogP contribution in [0, 0.1) is 10.1 Å². The van der Waals surface area contributed by atoms with E-state index in [9.17, 15) is 14.9 Å². The first kappa shape index (κ1) is 19.1. The molecule has 26 heavy (non-hydrogen) atoms. The molecule has 2 rings (SSSR count). The predicted octanol–water partition coefficient (Wildman–Crippen LogP) is 4.53. The quantitative estimate of drug-likeness (QED) is 0.594. The zero-order valence-corrected chi connectivity index (χ0v) is 15.2. The van der Waals surface area contributed by atoms with Crippen LogP contribution >= 0.6 is 0 Å². The Balaban J connectivity index is 2.04. The second kappa shape index (κ2) is 7.77. The van der Waals surface area contributed by atoms with Crippen molar-refractivity contribution in [2.45, 2.75) is 26.4 Å². The number of pyridine rings is 1. The maximum atomic E-state index is 12.1. The number of rotatable bonds is 4. The molecule has 0 spiro atoms. The van der Waals surface area contributed by atoms with E-state index in [-0.39, 0.29) is 5.82 Å². The Bertz CT molecular complexity index is 806. The van der Waals surface area contributed by atoms with Gasteiger partial charge in [0.05, 0.1) is 0 Å². The summed E-state index contributed by atoms with van der Waals surface area (Å²) in [4.78, 5) is 27.3. The average molecular weight is 355 g/mol. The Labute approximate surface area is 152 Å². The number of benzene rings is 1. The van der Waals surface area contributed by atoms with Crippen LogP contribution in [0.5, 0.6) is 0 Å². The van der Waals surface area contributed by atoms with E-state index in [2.05, 4.69) is 4.98 Å². The summed E-state index contributed by atoms with van der Waals surface area (Å²) in [7, 11) is 1.65. The third kappa shape index (κ3) is 5.41. The van der Waals surface area contributed by atoms with Gasteiger partial charge in [-0.25, -0.2) is 4.79 Å². The molecule has 1 aromatic heterocycles. The molecule has 0 bridgehead atoms. The fourth-order valence-electron chi connectivity index (χ4n) is 2.04. The SMILES string of the molecule is CN(C(=O)OC(C)(C)C)c1ccc(/C=C/c2ccc([N+](=O)[O-])nc2)cc1. The third-order valence-corrected chi connectivity index (χ3v) is 3.37. The Morgan fingerprint density at radius 2 is 1.69 bits per heavy atom. The Hall–Kier alpha value is -3.22. The smallest absolute Gasteiger partial charge is 0.414 e. The lowest BCUT2D eigenvalue weighted by Gasteiger charge is -2.24. The molecule has 0 saturated carbocycles. The van der Waals surface area contributed by atoms with Gasteiger partial charge in [0.2, 0.25) is 0 Å². The number of anilines is 1. The van der Waals surface area contributed by atoms with E-state index in [4.69, 9.17) is 4.74 Å². The van der Waals surface area contributed by atoms with Gasteiger partial charge in [-0.2, -0.15) is 0 Å². The highest BCUT2D eigenvalue weighted by atomic mass is 16.6. The van der Waals surface area contributed by atoms with Crippen LogP contribution < -0.4 is 4.90 Å². The molecule has 0 N–H and O–H groups in total. The molecule has 0 unspecified atom stereocenters. The highest BCUT2D eigenvalue weighted by molar-refractivity contribution is 5.87. The third-order valence-electron chi connectivity index (χ3n) is 3.37. The Morgan fingerprint density at radius 1 is 1.12 bits per heavy atom. The maximum Gasteiger partial charge on any atom is 0.414 e. The van der Waals surface area contributed by atoms with E-state index < -0.39 is 16.6 Å². The summed E-state index contributed by atoms with van der Waals surface area (Å²) in [6, 6.07) is 10.4. The molecule has 7 nitrogen and oxygen atoms in total. The van der Waals surface area contributed by atoms with E-state index in [0.717, 1.165) is 11.1 Å². The van der Waals surface area contributed by atoms with Gasteiger partial charge in [0.15, 0.2) is 0 Å². The van der Waals surface area contributed by atoms with E-state index in [1.165, 1.54) is 17.2 Å². The molecule has 1 aromatic carbocycles. The van der Waals surface area contributed by atoms with Gasteiger partial charge < -0.3 is 14.9 Å². The van der Waals surface area contributed by atoms with E-state index >= 15 is 0 Å². The first-order chi connectivity index (χ1) is 12.2. The minimum absolute atomic E-state index is 0.184. The summed E-state index contributed by atoms with van der Waals surface area (Å²) < 4.78 is 5.33. The molecule has 136 valence electrons. The number of nitrogens with zero attached hydrogens (tertiary/aromatic N) is 3. The normalized spacial score (nSPS) is 11.4. The summed E-state index contributed by atoms with van der Waals surface area (Å²) in [5.41, 5.74) is 1.84. The molecule has 0 aliphatic rings. The highest BCUT2D eigenvalue weighted by Gasteiger charge is 2.20. The van der Waals surface area contributed by atoms with Crippen LogP contribution in [0.15, 0.2) is 42.6 Å². The molecular formula is C19H21N3O4. The van der Waals surface area contributed by atoms with Crippen LogP contribution in [-0.4, -0.2) is 28.6 Å². The van der Waals surface area contributed by atoms with E-state index in [0.29, 0.717) is 5.69 Å². The molecule has 2 aromatic rings. The maximum absolute atomic E-state index is 12.1. The van der Waals surface area contributed by atoms with Gasteiger partial charge in [0.25, 0.3) is 0 Å². The standard InChI is InChI=1S/C19H21N3O4/c1-19(2,3)26-18(23)21(4)16-10-7-14(8-11-16)5-6-15-9-12-17(20-13-15)22(24)25/h5-13H,1-4H3/b6-5+. The largest absolute Gasteiger partial charge is 0.443 e. The van der Waals surface area contributed by atoms with Crippen molar-refractivity contribution in [2.75, 3.05) is 11.9 Å². The second-order valence-corrected chi connectivity index (χ2v) is 6.67. The predicted molar refractivity (Wildman–Crippen MR) is 101 cm³/mol. The average Bonchev–Trinajstić information content (AvgIpc) is 2.58. The molecule has 0 aliphatic carbocycles. The number of hydrogen-bond acceptors (Lipinski definition) is 5. The van der Waals surface area contributed by atoms with Gasteiger partial charge >= 0.3 is 11.9 Å². The molecule has 1 amide bonds. The fourth-order valence-corrected chi connectivity index (χ4v) is 2.04. The summed E-state index contributed by atoms with van der Waals surface area (Å²) in [6.45, 7) is 5.46. The van der Waals surface area contributed by atoms with Crippen molar-refractivity contribution < 1.29 is 14.5 Å². The molecule has 0 aliphatic heterocycles. The van der Waals surface area contributed by atoms with Crippen molar-refractivity contribution in [1.82, 2.24) is 4.98 Å². The van der Waals surface area contributed by atoms with Crippen LogP contribution in [0.2, 0.25) is 0 Å². The number of hydrogen-bond donors (Lipinski definition) is 0. The van der Waals surface area contributed by atoms with E-state index in [1.54, 1.807) is 13.1 Å². The molecule has 0 saturated heterocycles. The van der Waals surface area contributed by atoms with Crippen LogP contribution in [-0.2, 0) is 4.74 Å². The summed E-state index contributed by atoms with van der Waals surface area (Å²) >= 11 is 0. The summed E-state index contributed by atoms with van der Waals surface area (Å²) in [6.07, 6.45) is 4.70. The zero-order valence-electron chi connectivity index (χ0n) is 15.2. The van der Waals surface area contributed by atoms with Crippen LogP contribution in [0.4, 0.5) is 16.3 Å². The first-order valence-electron chi connectivity index (χ1n) is 8.01. The number of carbonyl (C=O) groups is 1. The number of amides is 1. The minimum Gasteiger partial charge on any atom is -0.443 e. The lowest BCUT2D eigenvalue weighted by atomic mass is 10.1. The highest BCUT2D eigenvalue weighted by Crippen LogP contribution is 2.19. The van der Waals surface area contributed by atoms with Crippen molar-refractivity contribution in [2.24, 2.45) is 0 Å². The minimum atomic E-state index is -0.549. The lowest BCUT2D eigenvalue weighted by Crippen LogP contribution is -2.34. The molecular weight excluding hydrogens is 334 g/mol. The Morgan fingerprint density at radius 3 is 2.19 bits per heavy atom. The Kier molecular flexibility index (Phi) is 5.71. The van der Waals surface area contributed by atoms with Gasteiger partial charge in [0, 0.05) is 24.4 Å². The van der Waals surface area contributed by atoms with Gasteiger partial charge in [-0.3, -0.25) is 4.90 Å². The summed E-state index contributed by atoms with van der Waals surface area (Å²) in [5.74, 6) is -0.184. The first-order valence-corrected chi connectivity index (χ1v) is 8.01. The van der Waals surface area contributed by atoms with Crippen molar-refractivity contribution in [3.05, 3.63) is 63.8 Å². The van der Waals surface area contributed by atoms with Crippen LogP contribution in [0.25, 0.3) is 12.2 Å². The second-order valence-electron chi connectivity index (χ2n) is 6.67.